The molecule has 0 saturated carbocycles. The average Bonchev–Trinajstić information content (AvgIpc) is 2.83. The van der Waals surface area contributed by atoms with E-state index in [1.807, 2.05) is 39.9 Å². The van der Waals surface area contributed by atoms with Gasteiger partial charge in [-0.25, -0.2) is 8.42 Å². The summed E-state index contributed by atoms with van der Waals surface area (Å²) in [5.74, 6) is -0.429. The zero-order valence-corrected chi connectivity index (χ0v) is 23.5. The Bertz CT molecular complexity index is 1210. The first kappa shape index (κ1) is 27.7. The van der Waals surface area contributed by atoms with Gasteiger partial charge in [0.05, 0.1) is 4.90 Å². The lowest BCUT2D eigenvalue weighted by Gasteiger charge is -2.64. The van der Waals surface area contributed by atoms with Crippen LogP contribution in [0.2, 0.25) is 18.1 Å². The molecule has 194 valence electrons. The molecule has 1 fully saturated rings. The van der Waals surface area contributed by atoms with Crippen LogP contribution in [-0.4, -0.2) is 50.6 Å². The highest BCUT2D eigenvalue weighted by Crippen LogP contribution is 2.52. The normalized spacial score (nSPS) is 20.4. The topological polar surface area (TPSA) is 92.8 Å². The Morgan fingerprint density at radius 1 is 1.11 bits per heavy atom. The molecule has 0 aliphatic carbocycles. The van der Waals surface area contributed by atoms with Gasteiger partial charge in [-0.05, 0) is 42.1 Å². The summed E-state index contributed by atoms with van der Waals surface area (Å²) >= 11 is 0. The fourth-order valence-corrected chi connectivity index (χ4v) is 10.2. The van der Waals surface area contributed by atoms with Crippen molar-refractivity contribution < 1.29 is 22.7 Å². The Labute approximate surface area is 215 Å². The van der Waals surface area contributed by atoms with E-state index in [1.54, 1.807) is 53.1 Å². The summed E-state index contributed by atoms with van der Waals surface area (Å²) in [6.45, 7) is 13.5. The highest BCUT2D eigenvalue weighted by Gasteiger charge is 2.72. The molecule has 3 rings (SSSR count). The molecular weight excluding hydrogens is 492 g/mol. The quantitative estimate of drug-likeness (QED) is 0.278. The standard InChI is InChI=1S/C27H36N2O5SSi/c1-7-8-19-27(35(32,33)22-17-13-10-14-18-22)24(25(31)29(27)36(5,6)26(2,3)4)28-23(30)20-34-21-15-11-9-12-16-21/h7,9-18,24H,1,8,19-20H2,2-6H3,(H,28,30)/t24-,27+/m1/s1. The minimum atomic E-state index is -4.09. The van der Waals surface area contributed by atoms with Crippen LogP contribution in [0.3, 0.4) is 0 Å². The van der Waals surface area contributed by atoms with Crippen molar-refractivity contribution in [3.05, 3.63) is 73.3 Å². The molecule has 2 atom stereocenters. The lowest BCUT2D eigenvalue weighted by molar-refractivity contribution is -0.150. The number of ether oxygens (including phenoxy) is 1. The lowest BCUT2D eigenvalue weighted by Crippen LogP contribution is -2.87. The van der Waals surface area contributed by atoms with Crippen LogP contribution in [0.5, 0.6) is 5.75 Å². The molecule has 1 saturated heterocycles. The SMILES string of the molecule is C=CCC[C@]1(S(=O)(=O)c2ccccc2)[C@H](NC(=O)COc2ccccc2)C(=O)N1[Si](C)(C)C(C)(C)C. The van der Waals surface area contributed by atoms with Crippen LogP contribution in [0.4, 0.5) is 0 Å². The van der Waals surface area contributed by atoms with Gasteiger partial charge in [-0.15, -0.1) is 6.58 Å². The first-order valence-electron chi connectivity index (χ1n) is 12.0. The molecule has 0 bridgehead atoms. The van der Waals surface area contributed by atoms with Gasteiger partial charge in [0.15, 0.2) is 19.7 Å². The largest absolute Gasteiger partial charge is 0.484 e. The molecule has 1 N–H and O–H groups in total. The number of rotatable bonds is 10. The number of carbonyl (C=O) groups is 2. The van der Waals surface area contributed by atoms with Crippen molar-refractivity contribution in [2.45, 2.75) is 67.6 Å². The highest BCUT2D eigenvalue weighted by atomic mass is 32.2. The number of nitrogens with one attached hydrogen (secondary N) is 1. The second-order valence-corrected chi connectivity index (χ2v) is 17.8. The summed E-state index contributed by atoms with van der Waals surface area (Å²) in [5.41, 5.74) is 0. The van der Waals surface area contributed by atoms with Gasteiger partial charge < -0.3 is 14.6 Å². The van der Waals surface area contributed by atoms with Crippen molar-refractivity contribution in [1.82, 2.24) is 9.88 Å². The van der Waals surface area contributed by atoms with E-state index in [0.29, 0.717) is 12.2 Å². The molecular formula is C27H36N2O5SSi. The van der Waals surface area contributed by atoms with Crippen molar-refractivity contribution in [3.8, 4) is 5.75 Å². The molecule has 2 amide bonds. The third-order valence-electron chi connectivity index (χ3n) is 7.34. The molecule has 36 heavy (non-hydrogen) atoms. The van der Waals surface area contributed by atoms with Crippen molar-refractivity contribution >= 4 is 29.9 Å². The predicted molar refractivity (Wildman–Crippen MR) is 144 cm³/mol. The first-order chi connectivity index (χ1) is 16.8. The van der Waals surface area contributed by atoms with Crippen molar-refractivity contribution in [2.24, 2.45) is 0 Å². The van der Waals surface area contributed by atoms with E-state index in [9.17, 15) is 18.0 Å². The summed E-state index contributed by atoms with van der Waals surface area (Å²) in [4.78, 5) is 25.2. The van der Waals surface area contributed by atoms with Crippen molar-refractivity contribution in [1.29, 1.82) is 0 Å². The fourth-order valence-electron chi connectivity index (χ4n) is 4.48. The van der Waals surface area contributed by atoms with Gasteiger partial charge in [0, 0.05) is 0 Å². The number of nitrogens with zero attached hydrogens (tertiary/aromatic N) is 1. The maximum atomic E-state index is 14.4. The van der Waals surface area contributed by atoms with Crippen LogP contribution in [-0.2, 0) is 19.4 Å². The second kappa shape index (κ2) is 10.2. The molecule has 2 aromatic rings. The van der Waals surface area contributed by atoms with E-state index in [-0.39, 0.29) is 28.9 Å². The fraction of sp³-hybridized carbons (Fsp3) is 0.407. The number of β-lactam (4-membered cyclic amide) rings is 1. The minimum Gasteiger partial charge on any atom is -0.484 e. The van der Waals surface area contributed by atoms with Gasteiger partial charge in [-0.2, -0.15) is 0 Å². The minimum absolute atomic E-state index is 0.116. The van der Waals surface area contributed by atoms with Crippen molar-refractivity contribution in [3.63, 3.8) is 0 Å². The third-order valence-corrected chi connectivity index (χ3v) is 15.4. The number of hydrogen-bond acceptors (Lipinski definition) is 5. The molecule has 0 aromatic heterocycles. The lowest BCUT2D eigenvalue weighted by atomic mass is 9.92. The molecule has 0 unspecified atom stereocenters. The molecule has 1 aliphatic rings. The van der Waals surface area contributed by atoms with Gasteiger partial charge in [0.25, 0.3) is 5.91 Å². The number of carbonyl (C=O) groups excluding carboxylic acids is 2. The van der Waals surface area contributed by atoms with E-state index in [0.717, 1.165) is 0 Å². The Balaban J connectivity index is 2.07. The molecule has 9 heteroatoms. The Hall–Kier alpha value is -2.91. The number of amides is 2. The van der Waals surface area contributed by atoms with E-state index >= 15 is 0 Å². The number of para-hydroxylation sites is 1. The van der Waals surface area contributed by atoms with E-state index < -0.39 is 34.9 Å². The molecule has 0 spiro atoms. The summed E-state index contributed by atoms with van der Waals surface area (Å²) in [6, 6.07) is 15.7. The summed E-state index contributed by atoms with van der Waals surface area (Å²) in [6.07, 6.45) is 2.13. The predicted octanol–water partition coefficient (Wildman–Crippen LogP) is 4.53. The van der Waals surface area contributed by atoms with Gasteiger partial charge >= 0.3 is 0 Å². The van der Waals surface area contributed by atoms with Gasteiger partial charge in [0.1, 0.15) is 11.8 Å². The summed E-state index contributed by atoms with van der Waals surface area (Å²) in [7, 11) is -6.78. The van der Waals surface area contributed by atoms with Gasteiger partial charge in [-0.1, -0.05) is 76.3 Å². The number of sulfone groups is 1. The van der Waals surface area contributed by atoms with E-state index in [4.69, 9.17) is 4.74 Å². The number of hydrogen-bond donors (Lipinski definition) is 1. The molecule has 2 aromatic carbocycles. The Kier molecular flexibility index (Phi) is 7.85. The van der Waals surface area contributed by atoms with Crippen LogP contribution >= 0.6 is 0 Å². The Morgan fingerprint density at radius 2 is 1.67 bits per heavy atom. The van der Waals surface area contributed by atoms with E-state index in [1.165, 1.54) is 12.1 Å². The van der Waals surface area contributed by atoms with Gasteiger partial charge in [0.2, 0.25) is 15.7 Å². The first-order valence-corrected chi connectivity index (χ1v) is 16.5. The van der Waals surface area contributed by atoms with Gasteiger partial charge in [-0.3, -0.25) is 9.59 Å². The van der Waals surface area contributed by atoms with Crippen LogP contribution in [0.25, 0.3) is 0 Å². The smallest absolute Gasteiger partial charge is 0.258 e. The second-order valence-electron chi connectivity index (χ2n) is 10.6. The van der Waals surface area contributed by atoms with Crippen LogP contribution < -0.4 is 10.1 Å². The number of benzene rings is 2. The average molecular weight is 529 g/mol. The monoisotopic (exact) mass is 528 g/mol. The summed E-state index contributed by atoms with van der Waals surface area (Å²) < 4.78 is 35.9. The molecule has 1 heterocycles. The summed E-state index contributed by atoms with van der Waals surface area (Å²) in [5, 5.41) is 2.40. The number of allylic oxidation sites excluding steroid dienone is 1. The zero-order chi connectivity index (χ0) is 26.8. The highest BCUT2D eigenvalue weighted by molar-refractivity contribution is 7.93. The molecule has 1 aliphatic heterocycles. The van der Waals surface area contributed by atoms with Crippen LogP contribution in [0.1, 0.15) is 33.6 Å². The zero-order valence-electron chi connectivity index (χ0n) is 21.7. The van der Waals surface area contributed by atoms with E-state index in [2.05, 4.69) is 11.9 Å². The van der Waals surface area contributed by atoms with Crippen LogP contribution in [0, 0.1) is 0 Å². The molecule has 0 radical (unpaired) electrons. The third kappa shape index (κ3) is 4.74. The van der Waals surface area contributed by atoms with Crippen LogP contribution in [0.15, 0.2) is 78.2 Å². The van der Waals surface area contributed by atoms with Crippen molar-refractivity contribution in [2.75, 3.05) is 6.61 Å². The molecule has 7 nitrogen and oxygen atoms in total. The maximum absolute atomic E-state index is 14.4. The maximum Gasteiger partial charge on any atom is 0.258 e. The Morgan fingerprint density at radius 3 is 2.19 bits per heavy atom.